The highest BCUT2D eigenvalue weighted by Crippen LogP contribution is 2.21. The average Bonchev–Trinajstić information content (AvgIpc) is 2.71. The molecule has 1 heterocycles. The Kier molecular flexibility index (Phi) is 4.72. The zero-order valence-corrected chi connectivity index (χ0v) is 9.55. The molecule has 1 aliphatic heterocycles. The van der Waals surface area contributed by atoms with E-state index in [-0.39, 0.29) is 12.4 Å². The Labute approximate surface area is 96.2 Å². The fraction of sp³-hybridized carbons (Fsp3) is 0.455. The standard InChI is InChI=1S/C11H15NO2.ClH/c1-13-9-3-2-4-10(7-9)14-11-5-6-12-8-11;/h2-4,7,11-12H,5-6,8H2,1H3;1H. The van der Waals surface area contributed by atoms with Gasteiger partial charge in [-0.05, 0) is 25.1 Å². The lowest BCUT2D eigenvalue weighted by atomic mass is 10.3. The maximum Gasteiger partial charge on any atom is 0.123 e. The molecule has 84 valence electrons. The molecule has 1 atom stereocenters. The SMILES string of the molecule is COc1cccc(OC2CCNC2)c1.Cl. The molecule has 3 nitrogen and oxygen atoms in total. The van der Waals surface area contributed by atoms with E-state index in [1.807, 2.05) is 24.3 Å². The Hall–Kier alpha value is -0.930. The Bertz CT molecular complexity index is 300. The van der Waals surface area contributed by atoms with Gasteiger partial charge in [0.25, 0.3) is 0 Å². The topological polar surface area (TPSA) is 30.5 Å². The number of halogens is 1. The number of rotatable bonds is 3. The van der Waals surface area contributed by atoms with Crippen LogP contribution < -0.4 is 14.8 Å². The highest BCUT2D eigenvalue weighted by molar-refractivity contribution is 5.85. The van der Waals surface area contributed by atoms with Crippen molar-refractivity contribution in [2.75, 3.05) is 20.2 Å². The van der Waals surface area contributed by atoms with E-state index in [4.69, 9.17) is 9.47 Å². The molecule has 0 spiro atoms. The van der Waals surface area contributed by atoms with Gasteiger partial charge in [0, 0.05) is 12.6 Å². The molecule has 1 aromatic carbocycles. The Balaban J connectivity index is 0.00000112. The van der Waals surface area contributed by atoms with Crippen molar-refractivity contribution in [1.29, 1.82) is 0 Å². The largest absolute Gasteiger partial charge is 0.497 e. The molecule has 0 aliphatic carbocycles. The normalized spacial score (nSPS) is 19.4. The van der Waals surface area contributed by atoms with E-state index in [0.29, 0.717) is 6.10 Å². The second-order valence-electron chi connectivity index (χ2n) is 3.41. The summed E-state index contributed by atoms with van der Waals surface area (Å²) in [5, 5.41) is 3.26. The molecule has 0 aromatic heterocycles. The van der Waals surface area contributed by atoms with E-state index in [0.717, 1.165) is 31.0 Å². The average molecular weight is 230 g/mol. The maximum atomic E-state index is 5.78. The monoisotopic (exact) mass is 229 g/mol. The van der Waals surface area contributed by atoms with Gasteiger partial charge in [-0.15, -0.1) is 12.4 Å². The van der Waals surface area contributed by atoms with Gasteiger partial charge in [0.05, 0.1) is 7.11 Å². The second-order valence-corrected chi connectivity index (χ2v) is 3.41. The summed E-state index contributed by atoms with van der Waals surface area (Å²) in [5.74, 6) is 1.73. The van der Waals surface area contributed by atoms with Crippen molar-refractivity contribution in [3.63, 3.8) is 0 Å². The first-order valence-electron chi connectivity index (χ1n) is 4.90. The van der Waals surface area contributed by atoms with E-state index in [1.165, 1.54) is 0 Å². The van der Waals surface area contributed by atoms with Crippen molar-refractivity contribution >= 4 is 12.4 Å². The minimum atomic E-state index is 0. The van der Waals surface area contributed by atoms with Gasteiger partial charge >= 0.3 is 0 Å². The number of nitrogens with one attached hydrogen (secondary N) is 1. The van der Waals surface area contributed by atoms with E-state index >= 15 is 0 Å². The molecule has 15 heavy (non-hydrogen) atoms. The summed E-state index contributed by atoms with van der Waals surface area (Å²) in [7, 11) is 1.66. The van der Waals surface area contributed by atoms with Crippen molar-refractivity contribution in [3.8, 4) is 11.5 Å². The Morgan fingerprint density at radius 2 is 2.13 bits per heavy atom. The fourth-order valence-electron chi connectivity index (χ4n) is 1.60. The number of ether oxygens (including phenoxy) is 2. The molecule has 1 unspecified atom stereocenters. The van der Waals surface area contributed by atoms with Crippen LogP contribution in [0.25, 0.3) is 0 Å². The molecule has 4 heteroatoms. The molecule has 1 fully saturated rings. The lowest BCUT2D eigenvalue weighted by Gasteiger charge is -2.12. The number of methoxy groups -OCH3 is 1. The van der Waals surface area contributed by atoms with Gasteiger partial charge in [-0.2, -0.15) is 0 Å². The fourth-order valence-corrected chi connectivity index (χ4v) is 1.60. The second kappa shape index (κ2) is 5.83. The van der Waals surface area contributed by atoms with Crippen molar-refractivity contribution < 1.29 is 9.47 Å². The van der Waals surface area contributed by atoms with Crippen LogP contribution >= 0.6 is 12.4 Å². The van der Waals surface area contributed by atoms with Gasteiger partial charge in [0.15, 0.2) is 0 Å². The van der Waals surface area contributed by atoms with Gasteiger partial charge in [-0.1, -0.05) is 6.07 Å². The van der Waals surface area contributed by atoms with Crippen LogP contribution in [0.5, 0.6) is 11.5 Å². The quantitative estimate of drug-likeness (QED) is 0.858. The molecule has 0 bridgehead atoms. The van der Waals surface area contributed by atoms with Crippen LogP contribution in [0, 0.1) is 0 Å². The minimum Gasteiger partial charge on any atom is -0.497 e. The Morgan fingerprint density at radius 1 is 1.33 bits per heavy atom. The Morgan fingerprint density at radius 3 is 2.80 bits per heavy atom. The maximum absolute atomic E-state index is 5.78. The van der Waals surface area contributed by atoms with Crippen LogP contribution in [-0.4, -0.2) is 26.3 Å². The lowest BCUT2D eigenvalue weighted by Crippen LogP contribution is -2.19. The third-order valence-corrected chi connectivity index (χ3v) is 2.36. The van der Waals surface area contributed by atoms with Gasteiger partial charge < -0.3 is 14.8 Å². The van der Waals surface area contributed by atoms with Crippen LogP contribution in [-0.2, 0) is 0 Å². The van der Waals surface area contributed by atoms with Crippen molar-refractivity contribution in [1.82, 2.24) is 5.32 Å². The summed E-state index contributed by atoms with van der Waals surface area (Å²) in [5.41, 5.74) is 0. The summed E-state index contributed by atoms with van der Waals surface area (Å²) in [4.78, 5) is 0. The van der Waals surface area contributed by atoms with Crippen molar-refractivity contribution in [2.24, 2.45) is 0 Å². The predicted molar refractivity (Wildman–Crippen MR) is 62.1 cm³/mol. The molecule has 1 saturated heterocycles. The molecule has 1 aromatic rings. The summed E-state index contributed by atoms with van der Waals surface area (Å²) in [6.45, 7) is 1.99. The highest BCUT2D eigenvalue weighted by atomic mass is 35.5. The van der Waals surface area contributed by atoms with E-state index in [1.54, 1.807) is 7.11 Å². The van der Waals surface area contributed by atoms with Gasteiger partial charge in [0.2, 0.25) is 0 Å². The zero-order chi connectivity index (χ0) is 9.80. The molecule has 0 amide bonds. The number of benzene rings is 1. The van der Waals surface area contributed by atoms with E-state index < -0.39 is 0 Å². The molecule has 2 rings (SSSR count). The molecule has 0 saturated carbocycles. The summed E-state index contributed by atoms with van der Waals surface area (Å²) >= 11 is 0. The smallest absolute Gasteiger partial charge is 0.123 e. The summed E-state index contributed by atoms with van der Waals surface area (Å²) < 4.78 is 10.9. The van der Waals surface area contributed by atoms with Gasteiger partial charge in [0.1, 0.15) is 17.6 Å². The van der Waals surface area contributed by atoms with E-state index in [2.05, 4.69) is 5.32 Å². The first-order chi connectivity index (χ1) is 6.88. The molecular formula is C11H16ClNO2. The third-order valence-electron chi connectivity index (χ3n) is 2.36. The number of hydrogen-bond donors (Lipinski definition) is 1. The molecule has 1 N–H and O–H groups in total. The lowest BCUT2D eigenvalue weighted by molar-refractivity contribution is 0.222. The summed E-state index contributed by atoms with van der Waals surface area (Å²) in [6.07, 6.45) is 1.39. The first-order valence-corrected chi connectivity index (χ1v) is 4.90. The predicted octanol–water partition coefficient (Wildman–Crippen LogP) is 1.86. The van der Waals surface area contributed by atoms with Crippen LogP contribution in [0.2, 0.25) is 0 Å². The van der Waals surface area contributed by atoms with Crippen molar-refractivity contribution in [2.45, 2.75) is 12.5 Å². The zero-order valence-electron chi connectivity index (χ0n) is 8.73. The first kappa shape index (κ1) is 12.1. The molecule has 0 radical (unpaired) electrons. The molecule has 1 aliphatic rings. The highest BCUT2D eigenvalue weighted by Gasteiger charge is 2.15. The van der Waals surface area contributed by atoms with Crippen LogP contribution in [0.3, 0.4) is 0 Å². The van der Waals surface area contributed by atoms with E-state index in [9.17, 15) is 0 Å². The van der Waals surface area contributed by atoms with Gasteiger partial charge in [-0.3, -0.25) is 0 Å². The minimum absolute atomic E-state index is 0. The van der Waals surface area contributed by atoms with Crippen LogP contribution in [0.4, 0.5) is 0 Å². The molecular weight excluding hydrogens is 214 g/mol. The van der Waals surface area contributed by atoms with Crippen LogP contribution in [0.1, 0.15) is 6.42 Å². The van der Waals surface area contributed by atoms with Crippen molar-refractivity contribution in [3.05, 3.63) is 24.3 Å². The summed E-state index contributed by atoms with van der Waals surface area (Å²) in [6, 6.07) is 7.73. The van der Waals surface area contributed by atoms with Gasteiger partial charge in [-0.25, -0.2) is 0 Å². The number of hydrogen-bond acceptors (Lipinski definition) is 3. The van der Waals surface area contributed by atoms with Crippen LogP contribution in [0.15, 0.2) is 24.3 Å². The third kappa shape index (κ3) is 3.29.